The van der Waals surface area contributed by atoms with Gasteiger partial charge in [-0.15, -0.1) is 6.58 Å². The topological polar surface area (TPSA) is 0 Å². The van der Waals surface area contributed by atoms with E-state index in [4.69, 9.17) is 0 Å². The number of hydrogen-bond acceptors (Lipinski definition) is 0. The molecule has 1 atom stereocenters. The predicted octanol–water partition coefficient (Wildman–Crippen LogP) is 3.95. The zero-order valence-electron chi connectivity index (χ0n) is 7.84. The number of hydrogen-bond donors (Lipinski definition) is 0. The molecular weight excluding hydrogens is 132 g/mol. The smallest absolute Gasteiger partial charge is 0.00563 e. The van der Waals surface area contributed by atoms with Gasteiger partial charge in [-0.3, -0.25) is 0 Å². The van der Waals surface area contributed by atoms with Crippen molar-refractivity contribution in [1.29, 1.82) is 0 Å². The lowest BCUT2D eigenvalue weighted by molar-refractivity contribution is 0.611. The molecule has 0 radical (unpaired) electrons. The molecule has 0 bridgehead atoms. The fraction of sp³-hybridized carbons (Fsp3) is 0.636. The molecule has 0 aromatic rings. The maximum atomic E-state index is 3.81. The Labute approximate surface area is 71.0 Å². The lowest BCUT2D eigenvalue weighted by Crippen LogP contribution is -1.90. The zero-order valence-corrected chi connectivity index (χ0v) is 7.84. The summed E-state index contributed by atoms with van der Waals surface area (Å²) in [4.78, 5) is 0. The van der Waals surface area contributed by atoms with Gasteiger partial charge in [-0.25, -0.2) is 0 Å². The van der Waals surface area contributed by atoms with E-state index in [9.17, 15) is 0 Å². The summed E-state index contributed by atoms with van der Waals surface area (Å²) in [6.07, 6.45) is 11.6. The fourth-order valence-electron chi connectivity index (χ4n) is 1.17. The van der Waals surface area contributed by atoms with Crippen LogP contribution < -0.4 is 0 Å². The third kappa shape index (κ3) is 5.90. The van der Waals surface area contributed by atoms with E-state index in [2.05, 4.69) is 32.6 Å². The molecular formula is C11H20. The Hall–Kier alpha value is -0.520. The molecule has 64 valence electrons. The third-order valence-electron chi connectivity index (χ3n) is 1.88. The molecule has 0 rings (SSSR count). The van der Waals surface area contributed by atoms with Crippen LogP contribution in [0.25, 0.3) is 0 Å². The van der Waals surface area contributed by atoms with Crippen LogP contribution in [0.15, 0.2) is 24.8 Å². The van der Waals surface area contributed by atoms with E-state index < -0.39 is 0 Å². The molecule has 0 nitrogen and oxygen atoms in total. The normalized spacial score (nSPS) is 13.6. The van der Waals surface area contributed by atoms with Crippen molar-refractivity contribution in [3.63, 3.8) is 0 Å². The van der Waals surface area contributed by atoms with E-state index in [1.54, 1.807) is 0 Å². The molecule has 0 aromatic heterocycles. The Morgan fingerprint density at radius 2 is 2.09 bits per heavy atom. The van der Waals surface area contributed by atoms with Crippen LogP contribution >= 0.6 is 0 Å². The van der Waals surface area contributed by atoms with Gasteiger partial charge in [0.2, 0.25) is 0 Å². The Morgan fingerprint density at radius 3 is 2.55 bits per heavy atom. The van der Waals surface area contributed by atoms with E-state index in [0.29, 0.717) is 5.92 Å². The second-order valence-electron chi connectivity index (χ2n) is 2.92. The molecule has 0 saturated heterocycles. The Bertz CT molecular complexity index is 111. The van der Waals surface area contributed by atoms with Crippen LogP contribution in [0.4, 0.5) is 0 Å². The maximum Gasteiger partial charge on any atom is -0.00563 e. The Balaban J connectivity index is 3.44. The van der Waals surface area contributed by atoms with Gasteiger partial charge in [0.1, 0.15) is 0 Å². The quantitative estimate of drug-likeness (QED) is 0.399. The molecule has 0 heterocycles. The average molecular weight is 152 g/mol. The van der Waals surface area contributed by atoms with Gasteiger partial charge in [0.05, 0.1) is 0 Å². The summed E-state index contributed by atoms with van der Waals surface area (Å²) in [6, 6.07) is 0. The SMILES string of the molecule is C=C[C@@H](/C=C\C)CCCCC. The summed E-state index contributed by atoms with van der Waals surface area (Å²) in [7, 11) is 0. The van der Waals surface area contributed by atoms with Crippen molar-refractivity contribution in [2.45, 2.75) is 39.5 Å². The van der Waals surface area contributed by atoms with Crippen LogP contribution in [0.2, 0.25) is 0 Å². The molecule has 0 aliphatic carbocycles. The number of allylic oxidation sites excluding steroid dienone is 3. The summed E-state index contributed by atoms with van der Waals surface area (Å²) in [5.41, 5.74) is 0. The highest BCUT2D eigenvalue weighted by Gasteiger charge is 1.96. The van der Waals surface area contributed by atoms with Crippen LogP contribution in [0.1, 0.15) is 39.5 Å². The van der Waals surface area contributed by atoms with Crippen molar-refractivity contribution >= 4 is 0 Å². The van der Waals surface area contributed by atoms with Gasteiger partial charge in [-0.05, 0) is 19.3 Å². The van der Waals surface area contributed by atoms with E-state index in [-0.39, 0.29) is 0 Å². The second-order valence-corrected chi connectivity index (χ2v) is 2.92. The van der Waals surface area contributed by atoms with Crippen molar-refractivity contribution in [2.75, 3.05) is 0 Å². The van der Waals surface area contributed by atoms with Crippen molar-refractivity contribution in [1.82, 2.24) is 0 Å². The molecule has 0 aliphatic rings. The summed E-state index contributed by atoms with van der Waals surface area (Å²) in [5, 5.41) is 0. The third-order valence-corrected chi connectivity index (χ3v) is 1.88. The minimum Gasteiger partial charge on any atom is -0.102 e. The summed E-state index contributed by atoms with van der Waals surface area (Å²) in [5.74, 6) is 0.603. The molecule has 0 amide bonds. The van der Waals surface area contributed by atoms with Crippen molar-refractivity contribution in [3.8, 4) is 0 Å². The first-order chi connectivity index (χ1) is 5.35. The Kier molecular flexibility index (Phi) is 7.23. The molecule has 0 aromatic carbocycles. The van der Waals surface area contributed by atoms with E-state index in [0.717, 1.165) is 0 Å². The molecule has 11 heavy (non-hydrogen) atoms. The van der Waals surface area contributed by atoms with E-state index >= 15 is 0 Å². The van der Waals surface area contributed by atoms with E-state index in [1.807, 2.05) is 6.08 Å². The maximum absolute atomic E-state index is 3.81. The molecule has 0 saturated carbocycles. The molecule has 0 heteroatoms. The molecule has 0 N–H and O–H groups in total. The molecule has 0 unspecified atom stereocenters. The van der Waals surface area contributed by atoms with Gasteiger partial charge in [-0.1, -0.05) is 44.4 Å². The predicted molar refractivity (Wildman–Crippen MR) is 52.6 cm³/mol. The van der Waals surface area contributed by atoms with Crippen LogP contribution in [0, 0.1) is 5.92 Å². The minimum absolute atomic E-state index is 0.603. The highest BCUT2D eigenvalue weighted by molar-refractivity contribution is 4.95. The first-order valence-corrected chi connectivity index (χ1v) is 4.60. The minimum atomic E-state index is 0.603. The van der Waals surface area contributed by atoms with Gasteiger partial charge in [0.15, 0.2) is 0 Å². The van der Waals surface area contributed by atoms with E-state index in [1.165, 1.54) is 25.7 Å². The van der Waals surface area contributed by atoms with Crippen molar-refractivity contribution in [3.05, 3.63) is 24.8 Å². The largest absolute Gasteiger partial charge is 0.102 e. The lowest BCUT2D eigenvalue weighted by Gasteiger charge is -2.05. The molecule has 0 fully saturated rings. The summed E-state index contributed by atoms with van der Waals surface area (Å²) < 4.78 is 0. The second kappa shape index (κ2) is 7.59. The van der Waals surface area contributed by atoms with Crippen LogP contribution in [-0.2, 0) is 0 Å². The monoisotopic (exact) mass is 152 g/mol. The van der Waals surface area contributed by atoms with Crippen LogP contribution in [0.5, 0.6) is 0 Å². The van der Waals surface area contributed by atoms with Gasteiger partial charge in [0, 0.05) is 0 Å². The molecule has 0 spiro atoms. The molecule has 0 aliphatic heterocycles. The first-order valence-electron chi connectivity index (χ1n) is 4.60. The van der Waals surface area contributed by atoms with Gasteiger partial charge in [-0.2, -0.15) is 0 Å². The van der Waals surface area contributed by atoms with Gasteiger partial charge >= 0.3 is 0 Å². The van der Waals surface area contributed by atoms with Gasteiger partial charge in [0.25, 0.3) is 0 Å². The number of rotatable bonds is 6. The highest BCUT2D eigenvalue weighted by Crippen LogP contribution is 2.11. The zero-order chi connectivity index (χ0) is 8.53. The lowest BCUT2D eigenvalue weighted by atomic mass is 10.0. The van der Waals surface area contributed by atoms with Crippen molar-refractivity contribution in [2.24, 2.45) is 5.92 Å². The van der Waals surface area contributed by atoms with Crippen LogP contribution in [-0.4, -0.2) is 0 Å². The highest BCUT2D eigenvalue weighted by atomic mass is 14.0. The summed E-state index contributed by atoms with van der Waals surface area (Å²) in [6.45, 7) is 8.11. The average Bonchev–Trinajstić information content (AvgIpc) is 2.03. The van der Waals surface area contributed by atoms with Gasteiger partial charge < -0.3 is 0 Å². The summed E-state index contributed by atoms with van der Waals surface area (Å²) >= 11 is 0. The van der Waals surface area contributed by atoms with Crippen LogP contribution in [0.3, 0.4) is 0 Å². The fourth-order valence-corrected chi connectivity index (χ4v) is 1.17. The number of unbranched alkanes of at least 4 members (excludes halogenated alkanes) is 2. The first kappa shape index (κ1) is 10.5. The Morgan fingerprint density at radius 1 is 1.36 bits per heavy atom. The van der Waals surface area contributed by atoms with Crippen molar-refractivity contribution < 1.29 is 0 Å². The standard InChI is InChI=1S/C11H20/c1-4-7-8-10-11(6-3)9-5-2/h5-6,9,11H,3-4,7-8,10H2,1-2H3/b9-5-/t11-/m0/s1.